The molecule has 1 N–H and O–H groups in total. The zero-order valence-corrected chi connectivity index (χ0v) is 19.4. The van der Waals surface area contributed by atoms with Crippen LogP contribution in [0.1, 0.15) is 33.5 Å². The Bertz CT molecular complexity index is 1330. The summed E-state index contributed by atoms with van der Waals surface area (Å²) in [5, 5.41) is 8.76. The largest absolute Gasteiger partial charge is 0.372 e. The third-order valence-electron chi connectivity index (χ3n) is 6.19. The van der Waals surface area contributed by atoms with E-state index >= 15 is 0 Å². The molecule has 0 unspecified atom stereocenters. The molecule has 5 rings (SSSR count). The summed E-state index contributed by atoms with van der Waals surface area (Å²) in [6, 6.07) is 21.8. The number of nitrogens with one attached hydrogen (secondary N) is 1. The second kappa shape index (κ2) is 9.54. The highest BCUT2D eigenvalue weighted by Gasteiger charge is 2.34. The van der Waals surface area contributed by atoms with Gasteiger partial charge in [-0.2, -0.15) is 10.1 Å². The molecule has 6 nitrogen and oxygen atoms in total. The van der Waals surface area contributed by atoms with Crippen molar-refractivity contribution in [3.05, 3.63) is 113 Å². The van der Waals surface area contributed by atoms with Gasteiger partial charge in [0.15, 0.2) is 0 Å². The van der Waals surface area contributed by atoms with Crippen LogP contribution in [-0.4, -0.2) is 29.0 Å². The van der Waals surface area contributed by atoms with E-state index in [1.807, 2.05) is 60.8 Å². The van der Waals surface area contributed by atoms with Gasteiger partial charge >= 0.3 is 0 Å². The number of amides is 2. The fourth-order valence-corrected chi connectivity index (χ4v) is 4.21. The summed E-state index contributed by atoms with van der Waals surface area (Å²) >= 11 is 0. The van der Waals surface area contributed by atoms with Crippen molar-refractivity contribution in [1.82, 2.24) is 10.2 Å². The molecular weight excluding hydrogens is 443 g/mol. The standard InChI is InChI=1S/C28H25FN4O2/c1-19-15-23(11-12-25(19)29)33-28(35)24-18-32(14-13-26(24)31-33)17-21-7-9-22(10-8-21)27(34)30-16-20-5-3-2-4-6-20/h2-12,15,18H,13-14,16-17H2,1H3,(H,30,34). The second-order valence-electron chi connectivity index (χ2n) is 8.73. The van der Waals surface area contributed by atoms with Crippen LogP contribution in [0.4, 0.5) is 10.1 Å². The van der Waals surface area contributed by atoms with Gasteiger partial charge in [-0.15, -0.1) is 0 Å². The minimum absolute atomic E-state index is 0.117. The Balaban J connectivity index is 1.22. The molecule has 0 aromatic heterocycles. The number of nitrogens with zero attached hydrogens (tertiary/aromatic N) is 3. The highest BCUT2D eigenvalue weighted by molar-refractivity contribution is 6.30. The van der Waals surface area contributed by atoms with Crippen molar-refractivity contribution in [1.29, 1.82) is 0 Å². The number of hydrogen-bond donors (Lipinski definition) is 1. The van der Waals surface area contributed by atoms with Crippen molar-refractivity contribution in [2.24, 2.45) is 5.10 Å². The van der Waals surface area contributed by atoms with Crippen molar-refractivity contribution in [3.63, 3.8) is 0 Å². The third kappa shape index (κ3) is 4.84. The molecule has 0 saturated heterocycles. The van der Waals surface area contributed by atoms with Gasteiger partial charge in [-0.05, 0) is 53.9 Å². The highest BCUT2D eigenvalue weighted by Crippen LogP contribution is 2.29. The van der Waals surface area contributed by atoms with Crippen LogP contribution in [0.3, 0.4) is 0 Å². The molecule has 3 aromatic rings. The lowest BCUT2D eigenvalue weighted by molar-refractivity contribution is -0.114. The molecule has 2 aliphatic rings. The van der Waals surface area contributed by atoms with Gasteiger partial charge in [0.25, 0.3) is 11.8 Å². The van der Waals surface area contributed by atoms with Crippen LogP contribution in [0.5, 0.6) is 0 Å². The van der Waals surface area contributed by atoms with E-state index in [0.717, 1.165) is 23.4 Å². The highest BCUT2D eigenvalue weighted by atomic mass is 19.1. The van der Waals surface area contributed by atoms with Gasteiger partial charge in [-0.3, -0.25) is 9.59 Å². The summed E-state index contributed by atoms with van der Waals surface area (Å²) in [6.45, 7) is 3.49. The van der Waals surface area contributed by atoms with E-state index in [1.54, 1.807) is 19.1 Å². The molecule has 0 spiro atoms. The Kier molecular flexibility index (Phi) is 6.14. The lowest BCUT2D eigenvalue weighted by atomic mass is 10.0. The first-order valence-electron chi connectivity index (χ1n) is 11.5. The van der Waals surface area contributed by atoms with Crippen molar-refractivity contribution in [3.8, 4) is 0 Å². The van der Waals surface area contributed by atoms with Gasteiger partial charge in [0.2, 0.25) is 0 Å². The maximum Gasteiger partial charge on any atom is 0.282 e. The van der Waals surface area contributed by atoms with E-state index in [1.165, 1.54) is 11.1 Å². The Hall–Kier alpha value is -4.26. The molecule has 176 valence electrons. The third-order valence-corrected chi connectivity index (χ3v) is 6.19. The van der Waals surface area contributed by atoms with E-state index in [-0.39, 0.29) is 17.6 Å². The molecular formula is C28H25FN4O2. The summed E-state index contributed by atoms with van der Waals surface area (Å²) < 4.78 is 13.6. The molecule has 0 saturated carbocycles. The van der Waals surface area contributed by atoms with Crippen molar-refractivity contribution < 1.29 is 14.0 Å². The molecule has 0 bridgehead atoms. The maximum absolute atomic E-state index is 13.6. The normalized spacial score (nSPS) is 15.0. The second-order valence-corrected chi connectivity index (χ2v) is 8.73. The smallest absolute Gasteiger partial charge is 0.282 e. The number of benzene rings is 3. The van der Waals surface area contributed by atoms with E-state index in [2.05, 4.69) is 15.3 Å². The number of carbonyl (C=O) groups excluding carboxylic acids is 2. The summed E-state index contributed by atoms with van der Waals surface area (Å²) in [7, 11) is 0. The number of anilines is 1. The van der Waals surface area contributed by atoms with E-state index in [4.69, 9.17) is 0 Å². The Morgan fingerprint density at radius 1 is 1.03 bits per heavy atom. The number of hydrogen-bond acceptors (Lipinski definition) is 4. The first kappa shape index (κ1) is 22.5. The minimum atomic E-state index is -0.310. The zero-order valence-electron chi connectivity index (χ0n) is 19.4. The first-order chi connectivity index (χ1) is 17.0. The quantitative estimate of drug-likeness (QED) is 0.577. The monoisotopic (exact) mass is 468 g/mol. The fourth-order valence-electron chi connectivity index (χ4n) is 4.21. The molecule has 2 aliphatic heterocycles. The van der Waals surface area contributed by atoms with Crippen LogP contribution in [0.15, 0.2) is 89.7 Å². The van der Waals surface area contributed by atoms with Crippen molar-refractivity contribution >= 4 is 23.2 Å². The minimum Gasteiger partial charge on any atom is -0.372 e. The number of halogens is 1. The average Bonchev–Trinajstić information content (AvgIpc) is 3.21. The van der Waals surface area contributed by atoms with Crippen molar-refractivity contribution in [2.45, 2.75) is 26.4 Å². The lowest BCUT2D eigenvalue weighted by Gasteiger charge is -2.25. The molecule has 0 aliphatic carbocycles. The van der Waals surface area contributed by atoms with Crippen LogP contribution in [-0.2, 0) is 17.9 Å². The first-order valence-corrected chi connectivity index (χ1v) is 11.5. The number of hydrazone groups is 1. The Morgan fingerprint density at radius 3 is 2.54 bits per heavy atom. The molecule has 35 heavy (non-hydrogen) atoms. The molecule has 2 heterocycles. The number of aryl methyl sites for hydroxylation is 1. The SMILES string of the molecule is Cc1cc(N2N=C3CCN(Cc4ccc(C(=O)NCc5ccccc5)cc4)C=C3C2=O)ccc1F. The predicted molar refractivity (Wildman–Crippen MR) is 133 cm³/mol. The molecule has 7 heteroatoms. The van der Waals surface area contributed by atoms with Gasteiger partial charge in [-0.25, -0.2) is 4.39 Å². The maximum atomic E-state index is 13.6. The fraction of sp³-hybridized carbons (Fsp3) is 0.179. The number of fused-ring (bicyclic) bond motifs is 1. The number of carbonyl (C=O) groups is 2. The van der Waals surface area contributed by atoms with Crippen LogP contribution < -0.4 is 10.3 Å². The molecule has 0 radical (unpaired) electrons. The van der Waals surface area contributed by atoms with Crippen molar-refractivity contribution in [2.75, 3.05) is 11.6 Å². The van der Waals surface area contributed by atoms with E-state index in [0.29, 0.717) is 41.9 Å². The summed E-state index contributed by atoms with van der Waals surface area (Å²) in [5.41, 5.74) is 5.04. The lowest BCUT2D eigenvalue weighted by Crippen LogP contribution is -2.29. The summed E-state index contributed by atoms with van der Waals surface area (Å²) in [5.74, 6) is -0.634. The van der Waals surface area contributed by atoms with Crippen LogP contribution in [0.2, 0.25) is 0 Å². The topological polar surface area (TPSA) is 65.0 Å². The molecule has 2 amide bonds. The molecule has 3 aromatic carbocycles. The van der Waals surface area contributed by atoms with Gasteiger partial charge in [0, 0.05) is 37.8 Å². The molecule has 0 atom stereocenters. The van der Waals surface area contributed by atoms with Gasteiger partial charge in [0.1, 0.15) is 5.82 Å². The van der Waals surface area contributed by atoms with E-state index in [9.17, 15) is 14.0 Å². The predicted octanol–water partition coefficient (Wildman–Crippen LogP) is 4.56. The van der Waals surface area contributed by atoms with Crippen LogP contribution in [0.25, 0.3) is 0 Å². The Morgan fingerprint density at radius 2 is 1.80 bits per heavy atom. The van der Waals surface area contributed by atoms with Gasteiger partial charge < -0.3 is 10.2 Å². The summed E-state index contributed by atoms with van der Waals surface area (Å²) in [6.07, 6.45) is 2.50. The average molecular weight is 469 g/mol. The van der Waals surface area contributed by atoms with Gasteiger partial charge in [0.05, 0.1) is 17.0 Å². The van der Waals surface area contributed by atoms with Crippen LogP contribution >= 0.6 is 0 Å². The summed E-state index contributed by atoms with van der Waals surface area (Å²) in [4.78, 5) is 27.5. The van der Waals surface area contributed by atoms with Gasteiger partial charge in [-0.1, -0.05) is 42.5 Å². The molecule has 0 fully saturated rings. The Labute approximate surface area is 203 Å². The number of rotatable bonds is 6. The van der Waals surface area contributed by atoms with Crippen LogP contribution in [0, 0.1) is 12.7 Å². The van der Waals surface area contributed by atoms with E-state index < -0.39 is 0 Å². The zero-order chi connectivity index (χ0) is 24.4.